The Bertz CT molecular complexity index is 182. The first-order chi connectivity index (χ1) is 5.60. The second kappa shape index (κ2) is 3.60. The molecule has 78 valence electrons. The zero-order valence-electron chi connectivity index (χ0n) is 5.54. The molecule has 0 rings (SSSR count). The zero-order valence-corrected chi connectivity index (χ0v) is 6.30. The molecule has 0 spiro atoms. The molecule has 0 aromatic rings. The molecule has 0 unspecified atom stereocenters. The van der Waals surface area contributed by atoms with Crippen molar-refractivity contribution in [2.45, 2.75) is 12.4 Å². The third kappa shape index (κ3) is 3.29. The van der Waals surface area contributed by atoms with Crippen LogP contribution in [-0.4, -0.2) is 18.3 Å². The molecule has 0 N–H and O–H groups in total. The van der Waals surface area contributed by atoms with Crippen molar-refractivity contribution in [3.8, 4) is 0 Å². The van der Waals surface area contributed by atoms with Gasteiger partial charge in [-0.15, -0.1) is 0 Å². The van der Waals surface area contributed by atoms with Gasteiger partial charge in [-0.25, -0.2) is 4.79 Å². The summed E-state index contributed by atoms with van der Waals surface area (Å²) in [6.07, 6.45) is -11.5. The SMILES string of the molecule is O=C(OCl)C(C(F)(F)F)C(F)(F)F. The molecule has 0 aliphatic rings. The molecule has 0 aliphatic heterocycles. The van der Waals surface area contributed by atoms with E-state index in [1.165, 1.54) is 0 Å². The lowest BCUT2D eigenvalue weighted by Crippen LogP contribution is -2.42. The van der Waals surface area contributed by atoms with E-state index in [4.69, 9.17) is 0 Å². The molecular formula is C4HClF6O2. The van der Waals surface area contributed by atoms with Crippen LogP contribution in [0.3, 0.4) is 0 Å². The predicted molar refractivity (Wildman–Crippen MR) is 27.5 cm³/mol. The van der Waals surface area contributed by atoms with Crippen molar-refractivity contribution < 1.29 is 35.4 Å². The zero-order chi connectivity index (χ0) is 10.9. The van der Waals surface area contributed by atoms with Crippen molar-refractivity contribution in [1.82, 2.24) is 0 Å². The lowest BCUT2D eigenvalue weighted by Gasteiger charge is -2.19. The summed E-state index contributed by atoms with van der Waals surface area (Å²) >= 11 is 4.11. The Balaban J connectivity index is 4.89. The molecule has 0 radical (unpaired) electrons. The lowest BCUT2D eigenvalue weighted by molar-refractivity contribution is -0.278. The first-order valence-corrected chi connectivity index (χ1v) is 2.87. The largest absolute Gasteiger partial charge is 0.411 e. The maximum atomic E-state index is 11.6. The summed E-state index contributed by atoms with van der Waals surface area (Å²) in [4.78, 5) is 10.0. The van der Waals surface area contributed by atoms with Gasteiger partial charge < -0.3 is 4.29 Å². The average Bonchev–Trinajstić information content (AvgIpc) is 1.80. The van der Waals surface area contributed by atoms with E-state index in [0.29, 0.717) is 0 Å². The first-order valence-electron chi connectivity index (χ1n) is 2.56. The topological polar surface area (TPSA) is 26.3 Å². The Morgan fingerprint density at radius 1 is 1.08 bits per heavy atom. The van der Waals surface area contributed by atoms with E-state index < -0.39 is 24.2 Å². The molecule has 0 aromatic heterocycles. The molecule has 0 heterocycles. The Labute approximate surface area is 72.6 Å². The van der Waals surface area contributed by atoms with Crippen molar-refractivity contribution >= 4 is 17.8 Å². The van der Waals surface area contributed by atoms with Crippen molar-refractivity contribution in [1.29, 1.82) is 0 Å². The van der Waals surface area contributed by atoms with Crippen LogP contribution in [0.15, 0.2) is 0 Å². The quantitative estimate of drug-likeness (QED) is 0.647. The minimum Gasteiger partial charge on any atom is -0.347 e. The summed E-state index contributed by atoms with van der Waals surface area (Å²) in [7, 11) is 0. The predicted octanol–water partition coefficient (Wildman–Crippen LogP) is 2.42. The van der Waals surface area contributed by atoms with Gasteiger partial charge in [0.05, 0.1) is 0 Å². The standard InChI is InChI=1S/C4HClF6O2/c5-13-2(12)1(3(6,7)8)4(9,10)11/h1H. The molecule has 0 bridgehead atoms. The van der Waals surface area contributed by atoms with Crippen LogP contribution in [0.4, 0.5) is 26.3 Å². The normalized spacial score (nSPS) is 13.2. The van der Waals surface area contributed by atoms with Crippen LogP contribution < -0.4 is 0 Å². The molecule has 0 saturated heterocycles. The second-order valence-electron chi connectivity index (χ2n) is 1.91. The Kier molecular flexibility index (Phi) is 3.42. The first kappa shape index (κ1) is 12.3. The highest BCUT2D eigenvalue weighted by molar-refractivity contribution is 6.13. The number of hydrogen-bond donors (Lipinski definition) is 0. The second-order valence-corrected chi connectivity index (χ2v) is 2.07. The number of hydrogen-bond acceptors (Lipinski definition) is 2. The Morgan fingerprint density at radius 2 is 1.38 bits per heavy atom. The molecule has 9 heteroatoms. The molecule has 0 aliphatic carbocycles. The van der Waals surface area contributed by atoms with E-state index in [0.717, 1.165) is 0 Å². The molecule has 0 aromatic carbocycles. The van der Waals surface area contributed by atoms with Gasteiger partial charge in [0.25, 0.3) is 0 Å². The van der Waals surface area contributed by atoms with E-state index in [2.05, 4.69) is 16.2 Å². The van der Waals surface area contributed by atoms with Crippen molar-refractivity contribution in [2.75, 3.05) is 0 Å². The van der Waals surface area contributed by atoms with E-state index in [1.54, 1.807) is 0 Å². The van der Waals surface area contributed by atoms with Gasteiger partial charge in [0.1, 0.15) is 11.9 Å². The number of carbonyl (C=O) groups is 1. The maximum Gasteiger partial charge on any atom is 0.411 e. The lowest BCUT2D eigenvalue weighted by atomic mass is 10.1. The Morgan fingerprint density at radius 3 is 1.46 bits per heavy atom. The van der Waals surface area contributed by atoms with Crippen molar-refractivity contribution in [3.05, 3.63) is 0 Å². The summed E-state index contributed by atoms with van der Waals surface area (Å²) < 4.78 is 72.3. The van der Waals surface area contributed by atoms with Crippen LogP contribution in [0.2, 0.25) is 0 Å². The average molecular weight is 230 g/mol. The summed E-state index contributed by atoms with van der Waals surface area (Å²) in [6.45, 7) is 0. The summed E-state index contributed by atoms with van der Waals surface area (Å²) in [5, 5.41) is 0. The van der Waals surface area contributed by atoms with E-state index in [9.17, 15) is 31.1 Å². The van der Waals surface area contributed by atoms with E-state index in [-0.39, 0.29) is 0 Å². The number of halogens is 7. The van der Waals surface area contributed by atoms with Gasteiger partial charge in [-0.2, -0.15) is 26.3 Å². The highest BCUT2D eigenvalue weighted by Crippen LogP contribution is 2.40. The minimum atomic E-state index is -5.76. The number of rotatable bonds is 1. The fourth-order valence-electron chi connectivity index (χ4n) is 0.497. The van der Waals surface area contributed by atoms with Gasteiger partial charge in [-0.1, -0.05) is 0 Å². The fourth-order valence-corrected chi connectivity index (χ4v) is 0.586. The van der Waals surface area contributed by atoms with Crippen LogP contribution >= 0.6 is 11.9 Å². The van der Waals surface area contributed by atoms with Crippen LogP contribution in [0.1, 0.15) is 0 Å². The van der Waals surface area contributed by atoms with E-state index in [1.807, 2.05) is 0 Å². The van der Waals surface area contributed by atoms with Crippen LogP contribution in [0.25, 0.3) is 0 Å². The number of alkyl halides is 6. The maximum absolute atomic E-state index is 11.6. The van der Waals surface area contributed by atoms with E-state index >= 15 is 0 Å². The van der Waals surface area contributed by atoms with Crippen molar-refractivity contribution in [3.63, 3.8) is 0 Å². The van der Waals surface area contributed by atoms with Gasteiger partial charge in [-0.3, -0.25) is 0 Å². The van der Waals surface area contributed by atoms with Crippen LogP contribution in [-0.2, 0) is 9.08 Å². The minimum absolute atomic E-state index is 2.60. The summed E-state index contributed by atoms with van der Waals surface area (Å²) in [6, 6.07) is 0. The summed E-state index contributed by atoms with van der Waals surface area (Å²) in [5.41, 5.74) is 0. The third-order valence-electron chi connectivity index (χ3n) is 0.966. The van der Waals surface area contributed by atoms with Gasteiger partial charge in [-0.05, 0) is 0 Å². The molecule has 0 amide bonds. The van der Waals surface area contributed by atoms with Gasteiger partial charge in [0, 0.05) is 0 Å². The highest BCUT2D eigenvalue weighted by atomic mass is 35.5. The van der Waals surface area contributed by atoms with Crippen LogP contribution in [0.5, 0.6) is 0 Å². The van der Waals surface area contributed by atoms with Gasteiger partial charge >= 0.3 is 18.3 Å². The monoisotopic (exact) mass is 230 g/mol. The smallest absolute Gasteiger partial charge is 0.347 e. The highest BCUT2D eigenvalue weighted by Gasteiger charge is 2.62. The van der Waals surface area contributed by atoms with Gasteiger partial charge in [0.2, 0.25) is 5.92 Å². The van der Waals surface area contributed by atoms with Crippen molar-refractivity contribution in [2.24, 2.45) is 5.92 Å². The number of carbonyl (C=O) groups excluding carboxylic acids is 1. The third-order valence-corrected chi connectivity index (χ3v) is 1.12. The van der Waals surface area contributed by atoms with Crippen LogP contribution in [0, 0.1) is 5.92 Å². The molecule has 0 atom stereocenters. The molecule has 2 nitrogen and oxygen atoms in total. The molecule has 0 fully saturated rings. The molecular weight excluding hydrogens is 229 g/mol. The van der Waals surface area contributed by atoms with Gasteiger partial charge in [0.15, 0.2) is 0 Å². The summed E-state index contributed by atoms with van der Waals surface area (Å²) in [5.74, 6) is -6.79. The molecule has 0 saturated carbocycles. The molecule has 13 heavy (non-hydrogen) atoms. The fraction of sp³-hybridized carbons (Fsp3) is 0.750. The Hall–Kier alpha value is -0.660.